The van der Waals surface area contributed by atoms with Crippen LogP contribution < -0.4 is 15.4 Å². The standard InChI is InChI=1S/C16H22N4O/c1-11(2)16-19-14(17-3)9-15(20-16)18-10-12-6-5-7-13(8-12)21-4/h5-9,11H,10H2,1-4H3,(H2,17,18,19,20). The van der Waals surface area contributed by atoms with Gasteiger partial charge < -0.3 is 15.4 Å². The van der Waals surface area contributed by atoms with E-state index in [0.29, 0.717) is 6.54 Å². The Bertz CT molecular complexity index is 599. The van der Waals surface area contributed by atoms with Gasteiger partial charge in [-0.1, -0.05) is 26.0 Å². The molecule has 1 aromatic heterocycles. The Kier molecular flexibility index (Phi) is 4.98. The van der Waals surface area contributed by atoms with E-state index in [2.05, 4.69) is 40.5 Å². The van der Waals surface area contributed by atoms with Crippen molar-refractivity contribution in [2.75, 3.05) is 24.8 Å². The van der Waals surface area contributed by atoms with Crippen molar-refractivity contribution in [1.82, 2.24) is 9.97 Å². The van der Waals surface area contributed by atoms with Crippen LogP contribution in [0.1, 0.15) is 31.2 Å². The summed E-state index contributed by atoms with van der Waals surface area (Å²) in [7, 11) is 3.53. The topological polar surface area (TPSA) is 59.1 Å². The smallest absolute Gasteiger partial charge is 0.135 e. The summed E-state index contributed by atoms with van der Waals surface area (Å²) in [5.41, 5.74) is 1.14. The van der Waals surface area contributed by atoms with Gasteiger partial charge in [0.15, 0.2) is 0 Å². The minimum atomic E-state index is 0.288. The molecule has 5 nitrogen and oxygen atoms in total. The van der Waals surface area contributed by atoms with Crippen LogP contribution in [0.2, 0.25) is 0 Å². The molecule has 0 atom stereocenters. The highest BCUT2D eigenvalue weighted by molar-refractivity contribution is 5.48. The van der Waals surface area contributed by atoms with Crippen LogP contribution in [-0.4, -0.2) is 24.1 Å². The van der Waals surface area contributed by atoms with Crippen molar-refractivity contribution in [3.63, 3.8) is 0 Å². The van der Waals surface area contributed by atoms with Gasteiger partial charge in [-0.15, -0.1) is 0 Å². The Morgan fingerprint density at radius 2 is 1.90 bits per heavy atom. The van der Waals surface area contributed by atoms with Gasteiger partial charge in [0.05, 0.1) is 7.11 Å². The molecule has 2 N–H and O–H groups in total. The Balaban J connectivity index is 2.13. The second-order valence-electron chi connectivity index (χ2n) is 5.11. The normalized spacial score (nSPS) is 10.5. The van der Waals surface area contributed by atoms with Crippen LogP contribution in [0.4, 0.5) is 11.6 Å². The molecule has 21 heavy (non-hydrogen) atoms. The van der Waals surface area contributed by atoms with Gasteiger partial charge in [0.25, 0.3) is 0 Å². The summed E-state index contributed by atoms with van der Waals surface area (Å²) < 4.78 is 5.23. The molecule has 0 fully saturated rings. The molecule has 5 heteroatoms. The molecule has 0 aliphatic carbocycles. The second-order valence-corrected chi connectivity index (χ2v) is 5.11. The lowest BCUT2D eigenvalue weighted by Crippen LogP contribution is -2.07. The Labute approximate surface area is 125 Å². The highest BCUT2D eigenvalue weighted by Gasteiger charge is 2.07. The van der Waals surface area contributed by atoms with Crippen molar-refractivity contribution < 1.29 is 4.74 Å². The van der Waals surface area contributed by atoms with Crippen molar-refractivity contribution in [2.45, 2.75) is 26.3 Å². The minimum absolute atomic E-state index is 0.288. The fourth-order valence-corrected chi connectivity index (χ4v) is 1.92. The fourth-order valence-electron chi connectivity index (χ4n) is 1.92. The molecule has 0 radical (unpaired) electrons. The molecule has 112 valence electrons. The molecule has 2 aromatic rings. The van der Waals surface area contributed by atoms with E-state index in [9.17, 15) is 0 Å². The maximum Gasteiger partial charge on any atom is 0.135 e. The molecule has 0 unspecified atom stereocenters. The number of nitrogens with zero attached hydrogens (tertiary/aromatic N) is 2. The van der Waals surface area contributed by atoms with Crippen LogP contribution >= 0.6 is 0 Å². The quantitative estimate of drug-likeness (QED) is 0.853. The fraction of sp³-hybridized carbons (Fsp3) is 0.375. The number of hydrogen-bond acceptors (Lipinski definition) is 5. The maximum absolute atomic E-state index is 5.23. The molecular weight excluding hydrogens is 264 g/mol. The highest BCUT2D eigenvalue weighted by atomic mass is 16.5. The van der Waals surface area contributed by atoms with E-state index in [-0.39, 0.29) is 5.92 Å². The van der Waals surface area contributed by atoms with Crippen molar-refractivity contribution in [2.24, 2.45) is 0 Å². The van der Waals surface area contributed by atoms with E-state index in [1.54, 1.807) is 7.11 Å². The van der Waals surface area contributed by atoms with Gasteiger partial charge in [-0.25, -0.2) is 9.97 Å². The monoisotopic (exact) mass is 286 g/mol. The number of benzene rings is 1. The van der Waals surface area contributed by atoms with Crippen LogP contribution in [0.15, 0.2) is 30.3 Å². The van der Waals surface area contributed by atoms with Crippen LogP contribution in [0, 0.1) is 0 Å². The molecule has 0 amide bonds. The van der Waals surface area contributed by atoms with E-state index in [0.717, 1.165) is 28.8 Å². The lowest BCUT2D eigenvalue weighted by atomic mass is 10.2. The van der Waals surface area contributed by atoms with E-state index in [4.69, 9.17) is 4.74 Å². The third-order valence-electron chi connectivity index (χ3n) is 3.12. The average molecular weight is 286 g/mol. The predicted molar refractivity (Wildman–Crippen MR) is 86.0 cm³/mol. The number of rotatable bonds is 6. The second kappa shape index (κ2) is 6.92. The highest BCUT2D eigenvalue weighted by Crippen LogP contribution is 2.18. The molecule has 0 spiro atoms. The number of hydrogen-bond donors (Lipinski definition) is 2. The van der Waals surface area contributed by atoms with Crippen LogP contribution in [0.3, 0.4) is 0 Å². The van der Waals surface area contributed by atoms with E-state index >= 15 is 0 Å². The largest absolute Gasteiger partial charge is 0.497 e. The maximum atomic E-state index is 5.23. The van der Waals surface area contributed by atoms with Crippen LogP contribution in [0.5, 0.6) is 5.75 Å². The molecular formula is C16H22N4O. The van der Waals surface area contributed by atoms with Crippen molar-refractivity contribution in [1.29, 1.82) is 0 Å². The number of nitrogens with one attached hydrogen (secondary N) is 2. The lowest BCUT2D eigenvalue weighted by molar-refractivity contribution is 0.414. The molecule has 0 aliphatic heterocycles. The SMILES string of the molecule is CNc1cc(NCc2cccc(OC)c2)nc(C(C)C)n1. The van der Waals surface area contributed by atoms with E-state index < -0.39 is 0 Å². The predicted octanol–water partition coefficient (Wildman–Crippen LogP) is 3.26. The van der Waals surface area contributed by atoms with E-state index in [1.165, 1.54) is 0 Å². The zero-order chi connectivity index (χ0) is 15.2. The Morgan fingerprint density at radius 3 is 2.57 bits per heavy atom. The summed E-state index contributed by atoms with van der Waals surface area (Å²) in [6.45, 7) is 4.86. The van der Waals surface area contributed by atoms with Crippen molar-refractivity contribution in [3.05, 3.63) is 41.7 Å². The number of ether oxygens (including phenoxy) is 1. The first-order valence-corrected chi connectivity index (χ1v) is 7.06. The van der Waals surface area contributed by atoms with Gasteiger partial charge >= 0.3 is 0 Å². The Hall–Kier alpha value is -2.30. The Morgan fingerprint density at radius 1 is 1.14 bits per heavy atom. The molecule has 0 saturated carbocycles. The molecule has 1 heterocycles. The van der Waals surface area contributed by atoms with Crippen molar-refractivity contribution in [3.8, 4) is 5.75 Å². The summed E-state index contributed by atoms with van der Waals surface area (Å²) >= 11 is 0. The van der Waals surface area contributed by atoms with Gasteiger partial charge in [-0.3, -0.25) is 0 Å². The molecule has 0 saturated heterocycles. The van der Waals surface area contributed by atoms with Gasteiger partial charge in [-0.05, 0) is 17.7 Å². The van der Waals surface area contributed by atoms with Crippen LogP contribution in [-0.2, 0) is 6.54 Å². The molecule has 0 bridgehead atoms. The van der Waals surface area contributed by atoms with Crippen LogP contribution in [0.25, 0.3) is 0 Å². The number of methoxy groups -OCH3 is 1. The average Bonchev–Trinajstić information content (AvgIpc) is 2.52. The van der Waals surface area contributed by atoms with Gasteiger partial charge in [0, 0.05) is 25.6 Å². The van der Waals surface area contributed by atoms with E-state index in [1.807, 2.05) is 31.3 Å². The summed E-state index contributed by atoms with van der Waals surface area (Å²) in [6.07, 6.45) is 0. The molecule has 0 aliphatic rings. The summed E-state index contributed by atoms with van der Waals surface area (Å²) in [5.74, 6) is 3.61. The zero-order valence-electron chi connectivity index (χ0n) is 13.0. The van der Waals surface area contributed by atoms with Gasteiger partial charge in [-0.2, -0.15) is 0 Å². The van der Waals surface area contributed by atoms with Crippen molar-refractivity contribution >= 4 is 11.6 Å². The molecule has 2 rings (SSSR count). The third kappa shape index (κ3) is 4.08. The molecule has 1 aromatic carbocycles. The number of aromatic nitrogens is 2. The first kappa shape index (κ1) is 15.1. The summed E-state index contributed by atoms with van der Waals surface area (Å²) in [4.78, 5) is 9.00. The first-order valence-electron chi connectivity index (χ1n) is 7.06. The zero-order valence-corrected chi connectivity index (χ0v) is 13.0. The third-order valence-corrected chi connectivity index (χ3v) is 3.12. The minimum Gasteiger partial charge on any atom is -0.497 e. The summed E-state index contributed by atoms with van der Waals surface area (Å²) in [5, 5.41) is 6.40. The lowest BCUT2D eigenvalue weighted by Gasteiger charge is -2.12. The number of anilines is 2. The summed E-state index contributed by atoms with van der Waals surface area (Å²) in [6, 6.07) is 9.89. The van der Waals surface area contributed by atoms with Gasteiger partial charge in [0.2, 0.25) is 0 Å². The van der Waals surface area contributed by atoms with Gasteiger partial charge in [0.1, 0.15) is 23.2 Å². The first-order chi connectivity index (χ1) is 10.1.